The lowest BCUT2D eigenvalue weighted by Crippen LogP contribution is -2.58. The molecule has 0 aromatic heterocycles. The number of hydrogen-bond donors (Lipinski definition) is 0. The van der Waals surface area contributed by atoms with E-state index in [-0.39, 0.29) is 5.41 Å². The Balaban J connectivity index is 1.85. The van der Waals surface area contributed by atoms with Gasteiger partial charge in [-0.15, -0.1) is 0 Å². The molecule has 0 spiro atoms. The monoisotopic (exact) mass is 340 g/mol. The average Bonchev–Trinajstić information content (AvgIpc) is 2.32. The summed E-state index contributed by atoms with van der Waals surface area (Å²) in [5, 5.41) is 0. The van der Waals surface area contributed by atoms with Crippen molar-refractivity contribution in [3.63, 3.8) is 0 Å². The van der Waals surface area contributed by atoms with Crippen LogP contribution in [0.3, 0.4) is 0 Å². The van der Waals surface area contributed by atoms with Crippen LogP contribution in [0.15, 0.2) is 0 Å². The zero-order valence-electron chi connectivity index (χ0n) is 12.8. The first-order chi connectivity index (χ1) is 10.1. The van der Waals surface area contributed by atoms with Crippen molar-refractivity contribution in [3.8, 4) is 0 Å². The zero-order valence-corrected chi connectivity index (χ0v) is 13.6. The molecule has 4 aliphatic carbocycles. The molecule has 4 fully saturated rings. The van der Waals surface area contributed by atoms with Crippen molar-refractivity contribution in [3.05, 3.63) is 0 Å². The Labute approximate surface area is 129 Å². The number of rotatable bonds is 5. The normalized spacial score (nSPS) is 41.1. The standard InChI is InChI=1S/C15H23F3O3S/c1-2-3-4-13-6-11-5-12(7-13)9-14(8-11,10-13)21-22(19,20)15(16,17)18/h11-12H,2-10H2,1H3/t11-,12+,13?,14?. The van der Waals surface area contributed by atoms with Crippen molar-refractivity contribution in [1.82, 2.24) is 0 Å². The van der Waals surface area contributed by atoms with Gasteiger partial charge in [0, 0.05) is 0 Å². The Morgan fingerprint density at radius 2 is 1.73 bits per heavy atom. The van der Waals surface area contributed by atoms with Crippen molar-refractivity contribution in [2.24, 2.45) is 17.3 Å². The number of hydrogen-bond acceptors (Lipinski definition) is 3. The first kappa shape index (κ1) is 16.6. The number of halogens is 3. The second-order valence-corrected chi connectivity index (χ2v) is 9.27. The van der Waals surface area contributed by atoms with E-state index in [1.54, 1.807) is 0 Å². The van der Waals surface area contributed by atoms with Gasteiger partial charge in [-0.05, 0) is 62.2 Å². The minimum atomic E-state index is -5.51. The second kappa shape index (κ2) is 5.10. The Hall–Kier alpha value is -0.300. The third kappa shape index (κ3) is 2.79. The summed E-state index contributed by atoms with van der Waals surface area (Å²) >= 11 is 0. The van der Waals surface area contributed by atoms with Crippen LogP contribution in [0.4, 0.5) is 13.2 Å². The Morgan fingerprint density at radius 1 is 1.14 bits per heavy atom. The van der Waals surface area contributed by atoms with Gasteiger partial charge in [-0.3, -0.25) is 4.18 Å². The van der Waals surface area contributed by atoms with Gasteiger partial charge in [0.05, 0.1) is 5.60 Å². The van der Waals surface area contributed by atoms with Crippen LogP contribution >= 0.6 is 0 Å². The fourth-order valence-electron chi connectivity index (χ4n) is 5.59. The molecule has 0 aliphatic heterocycles. The zero-order chi connectivity index (χ0) is 16.2. The molecule has 4 aliphatic rings. The third-order valence-corrected chi connectivity index (χ3v) is 6.90. The van der Waals surface area contributed by atoms with Crippen LogP contribution in [0.25, 0.3) is 0 Å². The molecule has 2 unspecified atom stereocenters. The molecule has 4 rings (SSSR count). The highest BCUT2D eigenvalue weighted by Crippen LogP contribution is 2.64. The second-order valence-electron chi connectivity index (χ2n) is 7.73. The summed E-state index contributed by atoms with van der Waals surface area (Å²) in [4.78, 5) is 0. The van der Waals surface area contributed by atoms with Crippen LogP contribution in [0, 0.1) is 17.3 Å². The third-order valence-electron chi connectivity index (χ3n) is 5.76. The molecule has 0 saturated heterocycles. The maximum absolute atomic E-state index is 12.7. The van der Waals surface area contributed by atoms with Gasteiger partial charge in [0.15, 0.2) is 0 Å². The number of unbranched alkanes of at least 4 members (excludes halogenated alkanes) is 1. The topological polar surface area (TPSA) is 43.4 Å². The predicted molar refractivity (Wildman–Crippen MR) is 75.4 cm³/mol. The quantitative estimate of drug-likeness (QED) is 0.551. The van der Waals surface area contributed by atoms with E-state index in [1.165, 1.54) is 0 Å². The average molecular weight is 340 g/mol. The summed E-state index contributed by atoms with van der Waals surface area (Å²) < 4.78 is 66.0. The van der Waals surface area contributed by atoms with E-state index in [0.29, 0.717) is 31.1 Å². The van der Waals surface area contributed by atoms with Crippen LogP contribution in [0.5, 0.6) is 0 Å². The van der Waals surface area contributed by atoms with E-state index >= 15 is 0 Å². The van der Waals surface area contributed by atoms with Crippen LogP contribution in [0.1, 0.15) is 64.7 Å². The summed E-state index contributed by atoms with van der Waals surface area (Å²) in [7, 11) is -5.51. The van der Waals surface area contributed by atoms with Gasteiger partial charge in [0.25, 0.3) is 0 Å². The van der Waals surface area contributed by atoms with Gasteiger partial charge in [0.1, 0.15) is 0 Å². The highest BCUT2D eigenvalue weighted by molar-refractivity contribution is 7.87. The molecular weight excluding hydrogens is 317 g/mol. The minimum Gasteiger partial charge on any atom is -0.256 e. The molecule has 0 N–H and O–H groups in total. The molecule has 0 radical (unpaired) electrons. The Morgan fingerprint density at radius 3 is 2.23 bits per heavy atom. The smallest absolute Gasteiger partial charge is 0.256 e. The van der Waals surface area contributed by atoms with Gasteiger partial charge >= 0.3 is 15.6 Å². The van der Waals surface area contributed by atoms with Crippen LogP contribution in [-0.4, -0.2) is 19.5 Å². The van der Waals surface area contributed by atoms with E-state index in [0.717, 1.165) is 38.5 Å². The summed E-state index contributed by atoms with van der Waals surface area (Å²) in [6.45, 7) is 2.10. The van der Waals surface area contributed by atoms with E-state index in [4.69, 9.17) is 4.18 Å². The molecule has 22 heavy (non-hydrogen) atoms. The number of alkyl halides is 3. The fourth-order valence-corrected chi connectivity index (χ4v) is 6.34. The lowest BCUT2D eigenvalue weighted by Gasteiger charge is -2.61. The summed E-state index contributed by atoms with van der Waals surface area (Å²) in [6, 6.07) is 0. The summed E-state index contributed by atoms with van der Waals surface area (Å²) in [6.07, 6.45) is 7.55. The lowest BCUT2D eigenvalue weighted by molar-refractivity contribution is -0.158. The van der Waals surface area contributed by atoms with Crippen LogP contribution in [-0.2, 0) is 14.3 Å². The van der Waals surface area contributed by atoms with Gasteiger partial charge in [-0.2, -0.15) is 21.6 Å². The first-order valence-corrected chi connectivity index (χ1v) is 9.51. The van der Waals surface area contributed by atoms with Gasteiger partial charge < -0.3 is 0 Å². The van der Waals surface area contributed by atoms with Gasteiger partial charge in [0.2, 0.25) is 0 Å². The summed E-state index contributed by atoms with van der Waals surface area (Å²) in [5.74, 6) is 0.642. The summed E-state index contributed by atoms with van der Waals surface area (Å²) in [5.41, 5.74) is -6.43. The van der Waals surface area contributed by atoms with Crippen molar-refractivity contribution in [2.45, 2.75) is 75.8 Å². The lowest BCUT2D eigenvalue weighted by atomic mass is 9.47. The van der Waals surface area contributed by atoms with E-state index in [9.17, 15) is 21.6 Å². The Kier molecular flexibility index (Phi) is 3.84. The first-order valence-electron chi connectivity index (χ1n) is 8.11. The Bertz CT molecular complexity index is 527. The largest absolute Gasteiger partial charge is 0.523 e. The molecule has 7 heteroatoms. The maximum Gasteiger partial charge on any atom is 0.523 e. The van der Waals surface area contributed by atoms with Crippen LogP contribution < -0.4 is 0 Å². The predicted octanol–water partition coefficient (Wildman–Crippen LogP) is 4.38. The molecule has 0 heterocycles. The van der Waals surface area contributed by atoms with Crippen LogP contribution in [0.2, 0.25) is 0 Å². The molecule has 0 aromatic carbocycles. The van der Waals surface area contributed by atoms with Crippen molar-refractivity contribution >= 4 is 10.1 Å². The van der Waals surface area contributed by atoms with Crippen molar-refractivity contribution in [1.29, 1.82) is 0 Å². The maximum atomic E-state index is 12.7. The fraction of sp³-hybridized carbons (Fsp3) is 1.00. The van der Waals surface area contributed by atoms with Gasteiger partial charge in [-0.1, -0.05) is 19.8 Å². The molecular formula is C15H23F3O3S. The van der Waals surface area contributed by atoms with Gasteiger partial charge in [-0.25, -0.2) is 0 Å². The molecule has 4 bridgehead atoms. The van der Waals surface area contributed by atoms with Crippen molar-refractivity contribution in [2.75, 3.05) is 0 Å². The molecule has 0 amide bonds. The highest BCUT2D eigenvalue weighted by atomic mass is 32.2. The molecule has 3 nitrogen and oxygen atoms in total. The molecule has 0 aromatic rings. The molecule has 128 valence electrons. The minimum absolute atomic E-state index is 0.00120. The van der Waals surface area contributed by atoms with E-state index < -0.39 is 21.2 Å². The SMILES string of the molecule is CCCCC12C[C@H]3C[C@@H](C1)CC(OS(=O)(=O)C(F)(F)F)(C3)C2. The molecule has 4 saturated carbocycles. The highest BCUT2D eigenvalue weighted by Gasteiger charge is 2.61. The van der Waals surface area contributed by atoms with E-state index in [1.807, 2.05) is 0 Å². The molecule has 4 atom stereocenters. The van der Waals surface area contributed by atoms with E-state index in [2.05, 4.69) is 6.92 Å². The van der Waals surface area contributed by atoms with Crippen molar-refractivity contribution < 1.29 is 25.8 Å².